The van der Waals surface area contributed by atoms with Gasteiger partial charge < -0.3 is 10.1 Å². The number of amides is 1. The van der Waals surface area contributed by atoms with Crippen molar-refractivity contribution >= 4 is 29.2 Å². The molecule has 0 radical (unpaired) electrons. The van der Waals surface area contributed by atoms with E-state index in [1.165, 1.54) is 0 Å². The molecule has 0 saturated carbocycles. The summed E-state index contributed by atoms with van der Waals surface area (Å²) in [7, 11) is 0. The summed E-state index contributed by atoms with van der Waals surface area (Å²) < 4.78 is 5.49. The van der Waals surface area contributed by atoms with E-state index in [9.17, 15) is 4.79 Å². The van der Waals surface area contributed by atoms with Gasteiger partial charge in [0.2, 0.25) is 0 Å². The maximum atomic E-state index is 13.2. The maximum absolute atomic E-state index is 13.2. The van der Waals surface area contributed by atoms with Crippen molar-refractivity contribution < 1.29 is 9.53 Å². The number of hydrogen-bond acceptors (Lipinski definition) is 2. The normalized spacial score (nSPS) is 12.3. The van der Waals surface area contributed by atoms with E-state index in [0.29, 0.717) is 17.2 Å². The molecule has 0 spiro atoms. The van der Waals surface area contributed by atoms with Crippen LogP contribution < -0.4 is 10.1 Å². The van der Waals surface area contributed by atoms with Crippen LogP contribution in [-0.2, 0) is 4.79 Å². The quantitative estimate of drug-likeness (QED) is 0.377. The first kappa shape index (κ1) is 20.7. The van der Waals surface area contributed by atoms with E-state index in [4.69, 9.17) is 16.3 Å². The molecule has 0 bridgehead atoms. The van der Waals surface area contributed by atoms with Gasteiger partial charge in [0.15, 0.2) is 0 Å². The summed E-state index contributed by atoms with van der Waals surface area (Å²) in [6.45, 7) is 4.54. The van der Waals surface area contributed by atoms with E-state index in [1.807, 2.05) is 98.8 Å². The smallest absolute Gasteiger partial charge is 0.252 e. The van der Waals surface area contributed by atoms with Crippen LogP contribution >= 0.6 is 11.6 Å². The minimum absolute atomic E-state index is 0.155. The van der Waals surface area contributed by atoms with Crippen molar-refractivity contribution in [2.24, 2.45) is 0 Å². The molecule has 0 aliphatic heterocycles. The summed E-state index contributed by atoms with van der Waals surface area (Å²) in [5.41, 5.74) is 3.21. The number of halogens is 1. The van der Waals surface area contributed by atoms with E-state index >= 15 is 0 Å². The van der Waals surface area contributed by atoms with Crippen LogP contribution in [0.15, 0.2) is 78.9 Å². The van der Waals surface area contributed by atoms with E-state index in [2.05, 4.69) is 5.32 Å². The standard InChI is InChI=1S/C25H24ClNO2/c1-3-29-22-15-13-19(14-16-22)18(2)27-25(28)23(20-9-5-4-6-10-20)17-21-11-7-8-12-24(21)26/h4-18H,3H2,1-2H3,(H,27,28)/b23-17+/t18-/m0/s1. The lowest BCUT2D eigenvalue weighted by molar-refractivity contribution is -0.116. The van der Waals surface area contributed by atoms with Crippen LogP contribution in [-0.4, -0.2) is 12.5 Å². The molecule has 1 N–H and O–H groups in total. The van der Waals surface area contributed by atoms with E-state index < -0.39 is 0 Å². The fourth-order valence-corrected chi connectivity index (χ4v) is 3.21. The van der Waals surface area contributed by atoms with E-state index in [-0.39, 0.29) is 11.9 Å². The van der Waals surface area contributed by atoms with Crippen molar-refractivity contribution in [3.63, 3.8) is 0 Å². The Balaban J connectivity index is 1.86. The maximum Gasteiger partial charge on any atom is 0.252 e. The number of carbonyl (C=O) groups is 1. The SMILES string of the molecule is CCOc1ccc([C@H](C)NC(=O)/C(=C/c2ccccc2Cl)c2ccccc2)cc1. The zero-order chi connectivity index (χ0) is 20.6. The van der Waals surface area contributed by atoms with Crippen LogP contribution in [0.5, 0.6) is 5.75 Å². The highest BCUT2D eigenvalue weighted by atomic mass is 35.5. The second kappa shape index (κ2) is 9.94. The van der Waals surface area contributed by atoms with Crippen molar-refractivity contribution in [3.8, 4) is 5.75 Å². The number of carbonyl (C=O) groups excluding carboxylic acids is 1. The molecule has 0 heterocycles. The van der Waals surface area contributed by atoms with Gasteiger partial charge in [-0.3, -0.25) is 4.79 Å². The van der Waals surface area contributed by atoms with Gasteiger partial charge in [-0.1, -0.05) is 72.3 Å². The van der Waals surface area contributed by atoms with Gasteiger partial charge in [-0.05, 0) is 54.8 Å². The fourth-order valence-electron chi connectivity index (χ4n) is 3.02. The molecule has 148 valence electrons. The molecule has 3 aromatic rings. The highest BCUT2D eigenvalue weighted by Crippen LogP contribution is 2.25. The summed E-state index contributed by atoms with van der Waals surface area (Å²) in [4.78, 5) is 13.2. The molecule has 1 atom stereocenters. The Bertz CT molecular complexity index is 981. The molecular weight excluding hydrogens is 382 g/mol. The number of nitrogens with one attached hydrogen (secondary N) is 1. The lowest BCUT2D eigenvalue weighted by Gasteiger charge is -2.17. The van der Waals surface area contributed by atoms with Gasteiger partial charge in [-0.2, -0.15) is 0 Å². The minimum atomic E-state index is -0.156. The predicted molar refractivity (Wildman–Crippen MR) is 120 cm³/mol. The van der Waals surface area contributed by atoms with Crippen LogP contribution in [0.2, 0.25) is 5.02 Å². The molecule has 1 amide bonds. The second-order valence-corrected chi connectivity index (χ2v) is 7.05. The van der Waals surface area contributed by atoms with Crippen molar-refractivity contribution in [2.75, 3.05) is 6.61 Å². The van der Waals surface area contributed by atoms with Gasteiger partial charge in [0.1, 0.15) is 5.75 Å². The van der Waals surface area contributed by atoms with Crippen LogP contribution in [0.4, 0.5) is 0 Å². The first-order chi connectivity index (χ1) is 14.1. The number of rotatable bonds is 7. The third-order valence-corrected chi connectivity index (χ3v) is 4.92. The molecule has 3 rings (SSSR count). The average Bonchev–Trinajstić information content (AvgIpc) is 2.74. The summed E-state index contributed by atoms with van der Waals surface area (Å²) >= 11 is 6.31. The molecule has 3 aromatic carbocycles. The molecule has 0 unspecified atom stereocenters. The molecule has 0 aromatic heterocycles. The Morgan fingerprint density at radius 2 is 1.66 bits per heavy atom. The Morgan fingerprint density at radius 1 is 1.00 bits per heavy atom. The number of hydrogen-bond donors (Lipinski definition) is 1. The summed E-state index contributed by atoms with van der Waals surface area (Å²) in [5.74, 6) is 0.663. The van der Waals surface area contributed by atoms with Gasteiger partial charge in [-0.25, -0.2) is 0 Å². The molecule has 0 aliphatic rings. The molecule has 0 fully saturated rings. The Labute approximate surface area is 177 Å². The topological polar surface area (TPSA) is 38.3 Å². The summed E-state index contributed by atoms with van der Waals surface area (Å²) in [6, 6.07) is 24.7. The van der Waals surface area contributed by atoms with Crippen molar-refractivity contribution in [1.29, 1.82) is 0 Å². The minimum Gasteiger partial charge on any atom is -0.494 e. The van der Waals surface area contributed by atoms with Gasteiger partial charge in [-0.15, -0.1) is 0 Å². The lowest BCUT2D eigenvalue weighted by Crippen LogP contribution is -2.27. The van der Waals surface area contributed by atoms with Gasteiger partial charge >= 0.3 is 0 Å². The van der Waals surface area contributed by atoms with Crippen molar-refractivity contribution in [2.45, 2.75) is 19.9 Å². The average molecular weight is 406 g/mol. The first-order valence-electron chi connectivity index (χ1n) is 9.63. The van der Waals surface area contributed by atoms with Crippen LogP contribution in [0.1, 0.15) is 36.6 Å². The van der Waals surface area contributed by atoms with E-state index in [1.54, 1.807) is 0 Å². The largest absolute Gasteiger partial charge is 0.494 e. The molecule has 0 aliphatic carbocycles. The fraction of sp³-hybridized carbons (Fsp3) is 0.160. The summed E-state index contributed by atoms with van der Waals surface area (Å²) in [5, 5.41) is 3.70. The van der Waals surface area contributed by atoms with Crippen molar-refractivity contribution in [1.82, 2.24) is 5.32 Å². The highest BCUT2D eigenvalue weighted by Gasteiger charge is 2.16. The van der Waals surface area contributed by atoms with Crippen molar-refractivity contribution in [3.05, 3.63) is 101 Å². The number of benzene rings is 3. The highest BCUT2D eigenvalue weighted by molar-refractivity contribution is 6.33. The lowest BCUT2D eigenvalue weighted by atomic mass is 10.0. The monoisotopic (exact) mass is 405 g/mol. The Kier molecular flexibility index (Phi) is 7.09. The zero-order valence-electron chi connectivity index (χ0n) is 16.6. The van der Waals surface area contributed by atoms with Crippen LogP contribution in [0.25, 0.3) is 11.6 Å². The third kappa shape index (κ3) is 5.49. The Hall–Kier alpha value is -3.04. The van der Waals surface area contributed by atoms with Gasteiger partial charge in [0.25, 0.3) is 5.91 Å². The third-order valence-electron chi connectivity index (χ3n) is 4.57. The van der Waals surface area contributed by atoms with Gasteiger partial charge in [0.05, 0.1) is 12.6 Å². The number of ether oxygens (including phenoxy) is 1. The van der Waals surface area contributed by atoms with E-state index in [0.717, 1.165) is 22.4 Å². The second-order valence-electron chi connectivity index (χ2n) is 6.64. The molecule has 0 saturated heterocycles. The molecule has 29 heavy (non-hydrogen) atoms. The Morgan fingerprint density at radius 3 is 2.31 bits per heavy atom. The first-order valence-corrected chi connectivity index (χ1v) is 10.0. The molecule has 4 heteroatoms. The van der Waals surface area contributed by atoms with Gasteiger partial charge in [0, 0.05) is 10.6 Å². The van der Waals surface area contributed by atoms with Crippen LogP contribution in [0, 0.1) is 0 Å². The molecular formula is C25H24ClNO2. The van der Waals surface area contributed by atoms with Crippen LogP contribution in [0.3, 0.4) is 0 Å². The zero-order valence-corrected chi connectivity index (χ0v) is 17.3. The predicted octanol–water partition coefficient (Wildman–Crippen LogP) is 6.16. The molecule has 3 nitrogen and oxygen atoms in total. The summed E-state index contributed by atoms with van der Waals surface area (Å²) in [6.07, 6.45) is 1.83.